The molecule has 1 atom stereocenters. The van der Waals surface area contributed by atoms with Crippen molar-refractivity contribution < 1.29 is 4.74 Å². The third-order valence-corrected chi connectivity index (χ3v) is 3.77. The van der Waals surface area contributed by atoms with Gasteiger partial charge in [0.2, 0.25) is 0 Å². The molecule has 16 heavy (non-hydrogen) atoms. The van der Waals surface area contributed by atoms with E-state index in [1.165, 1.54) is 50.0 Å². The molecule has 3 nitrogen and oxygen atoms in total. The van der Waals surface area contributed by atoms with Crippen LogP contribution >= 0.6 is 0 Å². The molecule has 1 fully saturated rings. The van der Waals surface area contributed by atoms with E-state index >= 15 is 0 Å². The largest absolute Gasteiger partial charge is 0.378 e. The van der Waals surface area contributed by atoms with E-state index < -0.39 is 0 Å². The quantitative estimate of drug-likeness (QED) is 0.765. The van der Waals surface area contributed by atoms with E-state index in [4.69, 9.17) is 4.74 Å². The third-order valence-electron chi connectivity index (χ3n) is 3.77. The number of aryl methyl sites for hydroxylation is 1. The lowest BCUT2D eigenvalue weighted by molar-refractivity contribution is 0.0151. The summed E-state index contributed by atoms with van der Waals surface area (Å²) in [6, 6.07) is 0. The summed E-state index contributed by atoms with van der Waals surface area (Å²) >= 11 is 0. The van der Waals surface area contributed by atoms with E-state index in [1.54, 1.807) is 0 Å². The summed E-state index contributed by atoms with van der Waals surface area (Å²) in [5.41, 5.74) is 1.43. The van der Waals surface area contributed by atoms with Gasteiger partial charge in [-0.2, -0.15) is 0 Å². The molecule has 0 N–H and O–H groups in total. The van der Waals surface area contributed by atoms with E-state index in [9.17, 15) is 0 Å². The molecule has 0 amide bonds. The average molecular weight is 220 g/mol. The van der Waals surface area contributed by atoms with Crippen LogP contribution in [0.2, 0.25) is 0 Å². The minimum Gasteiger partial charge on any atom is -0.378 e. The number of aromatic nitrogens is 2. The van der Waals surface area contributed by atoms with Crippen molar-refractivity contribution in [2.24, 2.45) is 0 Å². The van der Waals surface area contributed by atoms with E-state index in [0.717, 1.165) is 19.6 Å². The first-order valence-corrected chi connectivity index (χ1v) is 6.58. The second-order valence-electron chi connectivity index (χ2n) is 4.97. The molecule has 3 heterocycles. The maximum Gasteiger partial charge on any atom is 0.111 e. The monoisotopic (exact) mass is 220 g/mol. The van der Waals surface area contributed by atoms with Gasteiger partial charge in [0.15, 0.2) is 0 Å². The van der Waals surface area contributed by atoms with Crippen molar-refractivity contribution in [1.82, 2.24) is 9.55 Å². The van der Waals surface area contributed by atoms with Gasteiger partial charge >= 0.3 is 0 Å². The smallest absolute Gasteiger partial charge is 0.111 e. The molecule has 0 aromatic carbocycles. The summed E-state index contributed by atoms with van der Waals surface area (Å²) in [5.74, 6) is 1.25. The molecule has 0 radical (unpaired) electrons. The van der Waals surface area contributed by atoms with Gasteiger partial charge in [0.25, 0.3) is 0 Å². The van der Waals surface area contributed by atoms with E-state index in [0.29, 0.717) is 6.10 Å². The summed E-state index contributed by atoms with van der Waals surface area (Å²) in [6.07, 6.45) is 11.1. The molecule has 1 unspecified atom stereocenters. The average Bonchev–Trinajstić information content (AvgIpc) is 2.74. The summed E-state index contributed by atoms with van der Waals surface area (Å²) in [4.78, 5) is 4.57. The van der Waals surface area contributed by atoms with Crippen molar-refractivity contribution in [3.8, 4) is 0 Å². The van der Waals surface area contributed by atoms with Gasteiger partial charge in [0.1, 0.15) is 5.82 Å². The molecular formula is C13H20N2O. The van der Waals surface area contributed by atoms with Crippen molar-refractivity contribution in [2.45, 2.75) is 57.6 Å². The Morgan fingerprint density at radius 3 is 3.19 bits per heavy atom. The molecule has 2 aliphatic rings. The Morgan fingerprint density at radius 1 is 1.31 bits per heavy atom. The van der Waals surface area contributed by atoms with Crippen LogP contribution in [0, 0.1) is 0 Å². The molecule has 0 saturated carbocycles. The van der Waals surface area contributed by atoms with Crippen molar-refractivity contribution in [3.63, 3.8) is 0 Å². The Hall–Kier alpha value is -0.830. The van der Waals surface area contributed by atoms with Crippen LogP contribution in [0.1, 0.15) is 43.6 Å². The van der Waals surface area contributed by atoms with E-state index in [1.807, 2.05) is 0 Å². The SMILES string of the molecule is c1nc(CC2CCCCO2)n2c1CCCC2. The van der Waals surface area contributed by atoms with Crippen LogP contribution in [-0.2, 0) is 24.1 Å². The zero-order valence-electron chi connectivity index (χ0n) is 9.82. The van der Waals surface area contributed by atoms with E-state index in [2.05, 4.69) is 15.7 Å². The Balaban J connectivity index is 1.71. The lowest BCUT2D eigenvalue weighted by Crippen LogP contribution is -2.24. The summed E-state index contributed by atoms with van der Waals surface area (Å²) in [6.45, 7) is 2.11. The topological polar surface area (TPSA) is 27.1 Å². The van der Waals surface area contributed by atoms with Crippen LogP contribution in [0.3, 0.4) is 0 Å². The maximum atomic E-state index is 5.79. The zero-order chi connectivity index (χ0) is 10.8. The molecule has 88 valence electrons. The normalized spacial score (nSPS) is 25.4. The molecule has 0 aliphatic carbocycles. The molecule has 0 bridgehead atoms. The van der Waals surface area contributed by atoms with Crippen LogP contribution in [0.4, 0.5) is 0 Å². The predicted molar refractivity (Wildman–Crippen MR) is 62.5 cm³/mol. The fourth-order valence-corrected chi connectivity index (χ4v) is 2.84. The summed E-state index contributed by atoms with van der Waals surface area (Å²) in [7, 11) is 0. The molecule has 2 aliphatic heterocycles. The fraction of sp³-hybridized carbons (Fsp3) is 0.769. The van der Waals surface area contributed by atoms with Gasteiger partial charge < -0.3 is 9.30 Å². The van der Waals surface area contributed by atoms with Gasteiger partial charge in [0, 0.05) is 31.5 Å². The van der Waals surface area contributed by atoms with Gasteiger partial charge in [-0.15, -0.1) is 0 Å². The number of rotatable bonds is 2. The highest BCUT2D eigenvalue weighted by molar-refractivity contribution is 5.08. The minimum atomic E-state index is 0.419. The second-order valence-corrected chi connectivity index (χ2v) is 4.97. The molecule has 1 saturated heterocycles. The van der Waals surface area contributed by atoms with Gasteiger partial charge in [-0.05, 0) is 38.5 Å². The molecule has 3 heteroatoms. The van der Waals surface area contributed by atoms with Crippen LogP contribution in [-0.4, -0.2) is 22.3 Å². The summed E-state index contributed by atoms with van der Waals surface area (Å²) < 4.78 is 8.21. The third kappa shape index (κ3) is 2.01. The van der Waals surface area contributed by atoms with Crippen molar-refractivity contribution in [3.05, 3.63) is 17.7 Å². The molecule has 0 spiro atoms. The van der Waals surface area contributed by atoms with Crippen molar-refractivity contribution in [2.75, 3.05) is 6.61 Å². The van der Waals surface area contributed by atoms with Gasteiger partial charge in [-0.25, -0.2) is 4.98 Å². The first-order chi connectivity index (χ1) is 7.93. The van der Waals surface area contributed by atoms with Crippen LogP contribution < -0.4 is 0 Å². The molecule has 3 rings (SSSR count). The van der Waals surface area contributed by atoms with Gasteiger partial charge in [-0.1, -0.05) is 0 Å². The Kier molecular flexibility index (Phi) is 2.96. The molecule has 1 aromatic rings. The van der Waals surface area contributed by atoms with Crippen LogP contribution in [0.25, 0.3) is 0 Å². The Morgan fingerprint density at radius 2 is 2.31 bits per heavy atom. The van der Waals surface area contributed by atoms with Crippen molar-refractivity contribution >= 4 is 0 Å². The number of hydrogen-bond acceptors (Lipinski definition) is 2. The maximum absolute atomic E-state index is 5.79. The minimum absolute atomic E-state index is 0.419. The lowest BCUT2D eigenvalue weighted by Gasteiger charge is -2.23. The second kappa shape index (κ2) is 4.58. The van der Waals surface area contributed by atoms with E-state index in [-0.39, 0.29) is 0 Å². The lowest BCUT2D eigenvalue weighted by atomic mass is 10.1. The fourth-order valence-electron chi connectivity index (χ4n) is 2.84. The number of imidazole rings is 1. The van der Waals surface area contributed by atoms with Gasteiger partial charge in [-0.3, -0.25) is 0 Å². The Bertz CT molecular complexity index is 353. The number of ether oxygens (including phenoxy) is 1. The zero-order valence-corrected chi connectivity index (χ0v) is 9.82. The number of nitrogens with zero attached hydrogens (tertiary/aromatic N) is 2. The highest BCUT2D eigenvalue weighted by atomic mass is 16.5. The summed E-state index contributed by atoms with van der Waals surface area (Å²) in [5, 5.41) is 0. The molecule has 1 aromatic heterocycles. The molecular weight excluding hydrogens is 200 g/mol. The number of fused-ring (bicyclic) bond motifs is 1. The predicted octanol–water partition coefficient (Wildman–Crippen LogP) is 2.33. The highest BCUT2D eigenvalue weighted by Gasteiger charge is 2.19. The number of hydrogen-bond donors (Lipinski definition) is 0. The highest BCUT2D eigenvalue weighted by Crippen LogP contribution is 2.21. The van der Waals surface area contributed by atoms with Crippen LogP contribution in [0.5, 0.6) is 0 Å². The van der Waals surface area contributed by atoms with Gasteiger partial charge in [0.05, 0.1) is 6.10 Å². The first-order valence-electron chi connectivity index (χ1n) is 6.58. The van der Waals surface area contributed by atoms with Crippen molar-refractivity contribution in [1.29, 1.82) is 0 Å². The van der Waals surface area contributed by atoms with Crippen LogP contribution in [0.15, 0.2) is 6.20 Å². The Labute approximate surface area is 96.8 Å². The first kappa shape index (κ1) is 10.3. The standard InChI is InChI=1S/C13H20N2O/c1-3-7-15-11(5-1)10-14-13(15)9-12-6-2-4-8-16-12/h10,12H,1-9H2.